The second-order valence-corrected chi connectivity index (χ2v) is 4.16. The van der Waals surface area contributed by atoms with E-state index in [0.29, 0.717) is 0 Å². The van der Waals surface area contributed by atoms with E-state index in [-0.39, 0.29) is 0 Å². The van der Waals surface area contributed by atoms with E-state index in [4.69, 9.17) is 9.47 Å². The van der Waals surface area contributed by atoms with Crippen molar-refractivity contribution in [2.45, 2.75) is 13.3 Å². The highest BCUT2D eigenvalue weighted by Gasteiger charge is 1.96. The second kappa shape index (κ2) is 8.72. The molecule has 1 aromatic rings. The number of benzene rings is 1. The highest BCUT2D eigenvalue weighted by molar-refractivity contribution is 5.55. The molecule has 3 heteroatoms. The van der Waals surface area contributed by atoms with Gasteiger partial charge < -0.3 is 14.8 Å². The summed E-state index contributed by atoms with van der Waals surface area (Å²) in [6.07, 6.45) is 5.37. The van der Waals surface area contributed by atoms with Crippen molar-refractivity contribution >= 4 is 6.08 Å². The Morgan fingerprint density at radius 2 is 2.06 bits per heavy atom. The molecule has 0 aliphatic carbocycles. The van der Waals surface area contributed by atoms with E-state index in [1.165, 1.54) is 11.1 Å². The Balaban J connectivity index is 2.33. The predicted octanol–water partition coefficient (Wildman–Crippen LogP) is 2.64. The number of hydrogen-bond acceptors (Lipinski definition) is 3. The Labute approximate surface area is 110 Å². The molecule has 1 rings (SSSR count). The molecule has 0 bridgehead atoms. The SMILES string of the molecule is COCCNCCC=Cc1ccc(OC)cc1C. The van der Waals surface area contributed by atoms with Gasteiger partial charge in [-0.25, -0.2) is 0 Å². The molecule has 0 saturated carbocycles. The summed E-state index contributed by atoms with van der Waals surface area (Å²) in [5.41, 5.74) is 2.48. The van der Waals surface area contributed by atoms with E-state index in [2.05, 4.69) is 36.5 Å². The lowest BCUT2D eigenvalue weighted by molar-refractivity contribution is 0.199. The van der Waals surface area contributed by atoms with Crippen LogP contribution in [0.1, 0.15) is 17.5 Å². The molecule has 0 aliphatic rings. The summed E-state index contributed by atoms with van der Waals surface area (Å²) in [6, 6.07) is 6.13. The van der Waals surface area contributed by atoms with Crippen LogP contribution in [0.2, 0.25) is 0 Å². The lowest BCUT2D eigenvalue weighted by atomic mass is 10.1. The molecule has 0 radical (unpaired) electrons. The van der Waals surface area contributed by atoms with Crippen molar-refractivity contribution in [1.82, 2.24) is 5.32 Å². The number of aryl methyl sites for hydroxylation is 1. The number of hydrogen-bond donors (Lipinski definition) is 1. The molecule has 0 heterocycles. The molecule has 3 nitrogen and oxygen atoms in total. The monoisotopic (exact) mass is 249 g/mol. The van der Waals surface area contributed by atoms with Crippen LogP contribution in [0.4, 0.5) is 0 Å². The van der Waals surface area contributed by atoms with Gasteiger partial charge in [0.05, 0.1) is 13.7 Å². The fourth-order valence-corrected chi connectivity index (χ4v) is 1.66. The summed E-state index contributed by atoms with van der Waals surface area (Å²) in [7, 11) is 3.41. The third-order valence-corrected chi connectivity index (χ3v) is 2.75. The summed E-state index contributed by atoms with van der Waals surface area (Å²) >= 11 is 0. The lowest BCUT2D eigenvalue weighted by Gasteiger charge is -2.04. The Bertz CT molecular complexity index is 375. The van der Waals surface area contributed by atoms with Gasteiger partial charge in [-0.05, 0) is 43.1 Å². The molecule has 0 saturated heterocycles. The Morgan fingerprint density at radius 1 is 1.22 bits per heavy atom. The zero-order valence-electron chi connectivity index (χ0n) is 11.5. The predicted molar refractivity (Wildman–Crippen MR) is 76.1 cm³/mol. The number of nitrogens with one attached hydrogen (secondary N) is 1. The van der Waals surface area contributed by atoms with E-state index >= 15 is 0 Å². The molecule has 18 heavy (non-hydrogen) atoms. The Hall–Kier alpha value is -1.32. The second-order valence-electron chi connectivity index (χ2n) is 4.16. The summed E-state index contributed by atoms with van der Waals surface area (Å²) in [5, 5.41) is 3.31. The van der Waals surface area contributed by atoms with Crippen LogP contribution in [0.25, 0.3) is 6.08 Å². The molecule has 100 valence electrons. The van der Waals surface area contributed by atoms with E-state index in [1.54, 1.807) is 14.2 Å². The van der Waals surface area contributed by atoms with E-state index in [0.717, 1.165) is 31.9 Å². The molecule has 1 N–H and O–H groups in total. The first kappa shape index (κ1) is 14.7. The van der Waals surface area contributed by atoms with Crippen LogP contribution < -0.4 is 10.1 Å². The van der Waals surface area contributed by atoms with Gasteiger partial charge in [-0.1, -0.05) is 18.2 Å². The zero-order valence-corrected chi connectivity index (χ0v) is 11.5. The van der Waals surface area contributed by atoms with Gasteiger partial charge in [0, 0.05) is 13.7 Å². The van der Waals surface area contributed by atoms with Crippen LogP contribution in [0.5, 0.6) is 5.75 Å². The molecule has 0 aliphatic heterocycles. The van der Waals surface area contributed by atoms with Crippen molar-refractivity contribution in [2.24, 2.45) is 0 Å². The third-order valence-electron chi connectivity index (χ3n) is 2.75. The highest BCUT2D eigenvalue weighted by Crippen LogP contribution is 2.17. The standard InChI is InChI=1S/C15H23NO2/c1-13-12-15(18-3)8-7-14(13)6-4-5-9-16-10-11-17-2/h4,6-8,12,16H,5,9-11H2,1-3H3. The van der Waals surface area contributed by atoms with Crippen molar-refractivity contribution < 1.29 is 9.47 Å². The van der Waals surface area contributed by atoms with Crippen molar-refractivity contribution in [3.05, 3.63) is 35.4 Å². The molecule has 1 aromatic carbocycles. The first-order chi connectivity index (χ1) is 8.77. The van der Waals surface area contributed by atoms with Crippen LogP contribution in [0.3, 0.4) is 0 Å². The number of ether oxygens (including phenoxy) is 2. The van der Waals surface area contributed by atoms with Crippen molar-refractivity contribution in [1.29, 1.82) is 0 Å². The quantitative estimate of drug-likeness (QED) is 0.718. The molecule has 0 fully saturated rings. The summed E-state index contributed by atoms with van der Waals surface area (Å²) in [6.45, 7) is 4.75. The van der Waals surface area contributed by atoms with Gasteiger partial charge in [-0.15, -0.1) is 0 Å². The fourth-order valence-electron chi connectivity index (χ4n) is 1.66. The third kappa shape index (κ3) is 5.34. The van der Waals surface area contributed by atoms with E-state index in [1.807, 2.05) is 6.07 Å². The van der Waals surface area contributed by atoms with E-state index < -0.39 is 0 Å². The van der Waals surface area contributed by atoms with Gasteiger partial charge in [0.1, 0.15) is 5.75 Å². The first-order valence-electron chi connectivity index (χ1n) is 6.28. The maximum absolute atomic E-state index is 5.18. The normalized spacial score (nSPS) is 11.1. The topological polar surface area (TPSA) is 30.5 Å². The maximum Gasteiger partial charge on any atom is 0.119 e. The van der Waals surface area contributed by atoms with Gasteiger partial charge in [0.2, 0.25) is 0 Å². The number of rotatable bonds is 8. The van der Waals surface area contributed by atoms with Crippen molar-refractivity contribution in [2.75, 3.05) is 33.9 Å². The summed E-state index contributed by atoms with van der Waals surface area (Å²) < 4.78 is 10.1. The van der Waals surface area contributed by atoms with Crippen LogP contribution >= 0.6 is 0 Å². The number of methoxy groups -OCH3 is 2. The van der Waals surface area contributed by atoms with Crippen LogP contribution in [-0.4, -0.2) is 33.9 Å². The molecule has 0 unspecified atom stereocenters. The minimum absolute atomic E-state index is 0.765. The lowest BCUT2D eigenvalue weighted by Crippen LogP contribution is -2.19. The van der Waals surface area contributed by atoms with Gasteiger partial charge in [0.15, 0.2) is 0 Å². The maximum atomic E-state index is 5.18. The Kier molecular flexibility index (Phi) is 7.14. The molecule has 0 amide bonds. The van der Waals surface area contributed by atoms with Gasteiger partial charge in [-0.2, -0.15) is 0 Å². The van der Waals surface area contributed by atoms with Gasteiger partial charge in [-0.3, -0.25) is 0 Å². The van der Waals surface area contributed by atoms with Crippen molar-refractivity contribution in [3.63, 3.8) is 0 Å². The van der Waals surface area contributed by atoms with Crippen LogP contribution in [0.15, 0.2) is 24.3 Å². The molecular weight excluding hydrogens is 226 g/mol. The smallest absolute Gasteiger partial charge is 0.119 e. The summed E-state index contributed by atoms with van der Waals surface area (Å²) in [4.78, 5) is 0. The molecule has 0 atom stereocenters. The molecule has 0 aromatic heterocycles. The minimum Gasteiger partial charge on any atom is -0.497 e. The molecular formula is C15H23NO2. The van der Waals surface area contributed by atoms with Gasteiger partial charge >= 0.3 is 0 Å². The largest absolute Gasteiger partial charge is 0.497 e. The van der Waals surface area contributed by atoms with Crippen molar-refractivity contribution in [3.8, 4) is 5.75 Å². The fraction of sp³-hybridized carbons (Fsp3) is 0.467. The Morgan fingerprint density at radius 3 is 2.72 bits per heavy atom. The molecule has 0 spiro atoms. The van der Waals surface area contributed by atoms with Crippen LogP contribution in [0, 0.1) is 6.92 Å². The van der Waals surface area contributed by atoms with Crippen LogP contribution in [-0.2, 0) is 4.74 Å². The van der Waals surface area contributed by atoms with Gasteiger partial charge in [0.25, 0.3) is 0 Å². The average Bonchev–Trinajstić information content (AvgIpc) is 2.39. The average molecular weight is 249 g/mol. The van der Waals surface area contributed by atoms with E-state index in [9.17, 15) is 0 Å². The highest BCUT2D eigenvalue weighted by atomic mass is 16.5. The first-order valence-corrected chi connectivity index (χ1v) is 6.28. The zero-order chi connectivity index (χ0) is 13.2. The summed E-state index contributed by atoms with van der Waals surface area (Å²) in [5.74, 6) is 0.908. The minimum atomic E-state index is 0.765.